The van der Waals surface area contributed by atoms with E-state index in [1.165, 1.54) is 0 Å². The number of hydrogen-bond acceptors (Lipinski definition) is 2. The average Bonchev–Trinajstić information content (AvgIpc) is 2.02. The van der Waals surface area contributed by atoms with E-state index in [4.69, 9.17) is 11.6 Å². The second-order valence-corrected chi connectivity index (χ2v) is 3.68. The van der Waals surface area contributed by atoms with Crippen molar-refractivity contribution in [2.24, 2.45) is 4.99 Å². The molecule has 0 fully saturated rings. The Hall–Kier alpha value is -0.800. The highest BCUT2D eigenvalue weighted by Gasteiger charge is 2.09. The monoisotopic (exact) mass is 259 g/mol. The zero-order valence-corrected chi connectivity index (χ0v) is 9.06. The maximum Gasteiger partial charge on any atom is 0.117 e. The Morgan fingerprint density at radius 3 is 2.62 bits per heavy atom. The quantitative estimate of drug-likeness (QED) is 0.633. The summed E-state index contributed by atoms with van der Waals surface area (Å²) in [6, 6.07) is 3.26. The van der Waals surface area contributed by atoms with Crippen molar-refractivity contribution in [1.82, 2.24) is 0 Å². The summed E-state index contributed by atoms with van der Waals surface area (Å²) in [6.07, 6.45) is 0. The van der Waals surface area contributed by atoms with Gasteiger partial charge in [0.05, 0.1) is 5.69 Å². The highest BCUT2D eigenvalue weighted by atomic mass is 79.9. The van der Waals surface area contributed by atoms with Crippen molar-refractivity contribution in [3.63, 3.8) is 0 Å². The molecule has 4 heteroatoms. The summed E-state index contributed by atoms with van der Waals surface area (Å²) in [7, 11) is 0. The SMILES string of the molecule is C=Nc1c(Br)cc(Cl)cc1C(=C)O. The Bertz CT molecular complexity index is 376. The molecule has 0 bridgehead atoms. The van der Waals surface area contributed by atoms with Crippen molar-refractivity contribution in [2.45, 2.75) is 0 Å². The Balaban J connectivity index is 3.46. The van der Waals surface area contributed by atoms with Crippen LogP contribution in [0.15, 0.2) is 28.2 Å². The normalized spacial score (nSPS) is 9.69. The molecule has 0 saturated carbocycles. The highest BCUT2D eigenvalue weighted by Crippen LogP contribution is 2.35. The maximum atomic E-state index is 9.22. The summed E-state index contributed by atoms with van der Waals surface area (Å²) in [5.41, 5.74) is 1.02. The number of aliphatic hydroxyl groups excluding tert-OH is 1. The van der Waals surface area contributed by atoms with Gasteiger partial charge in [0.1, 0.15) is 5.76 Å². The first-order chi connectivity index (χ1) is 6.06. The summed E-state index contributed by atoms with van der Waals surface area (Å²) in [5.74, 6) is -0.0781. The predicted molar refractivity (Wildman–Crippen MR) is 60.0 cm³/mol. The van der Waals surface area contributed by atoms with Gasteiger partial charge in [0.25, 0.3) is 0 Å². The maximum absolute atomic E-state index is 9.22. The summed E-state index contributed by atoms with van der Waals surface area (Å²) in [5, 5.41) is 9.73. The summed E-state index contributed by atoms with van der Waals surface area (Å²) in [4.78, 5) is 3.76. The number of aliphatic imine (C=N–C) groups is 1. The molecule has 0 aromatic heterocycles. The van der Waals surface area contributed by atoms with Crippen LogP contribution in [0.1, 0.15) is 5.56 Å². The van der Waals surface area contributed by atoms with Crippen molar-refractivity contribution in [2.75, 3.05) is 0 Å². The fourth-order valence-corrected chi connectivity index (χ4v) is 1.88. The molecule has 0 aliphatic carbocycles. The van der Waals surface area contributed by atoms with Crippen molar-refractivity contribution in [3.8, 4) is 0 Å². The molecule has 0 radical (unpaired) electrons. The van der Waals surface area contributed by atoms with Gasteiger partial charge in [-0.2, -0.15) is 0 Å². The van der Waals surface area contributed by atoms with E-state index < -0.39 is 0 Å². The van der Waals surface area contributed by atoms with E-state index in [1.807, 2.05) is 0 Å². The van der Waals surface area contributed by atoms with Crippen LogP contribution in [0.25, 0.3) is 5.76 Å². The number of benzene rings is 1. The second kappa shape index (κ2) is 3.94. The number of hydrogen-bond donors (Lipinski definition) is 1. The van der Waals surface area contributed by atoms with Crippen LogP contribution in [-0.2, 0) is 0 Å². The molecule has 0 aliphatic rings. The summed E-state index contributed by atoms with van der Waals surface area (Å²) in [6.45, 7) is 6.79. The van der Waals surface area contributed by atoms with E-state index in [2.05, 4.69) is 34.2 Å². The van der Waals surface area contributed by atoms with Crippen LogP contribution in [0.3, 0.4) is 0 Å². The molecular weight excluding hydrogens is 253 g/mol. The average molecular weight is 261 g/mol. The highest BCUT2D eigenvalue weighted by molar-refractivity contribution is 9.10. The van der Waals surface area contributed by atoms with E-state index in [-0.39, 0.29) is 5.76 Å². The topological polar surface area (TPSA) is 32.6 Å². The van der Waals surface area contributed by atoms with Crippen LogP contribution in [0.2, 0.25) is 5.02 Å². The molecule has 2 nitrogen and oxygen atoms in total. The standard InChI is InChI=1S/C9H7BrClNO/c1-5(13)7-3-6(11)4-8(10)9(7)12-2/h3-4,13H,1-2H2. The smallest absolute Gasteiger partial charge is 0.117 e. The van der Waals surface area contributed by atoms with E-state index in [9.17, 15) is 5.11 Å². The second-order valence-electron chi connectivity index (χ2n) is 2.39. The molecule has 0 unspecified atom stereocenters. The molecular formula is C9H7BrClNO. The number of nitrogens with zero attached hydrogens (tertiary/aromatic N) is 1. The molecule has 0 saturated heterocycles. The van der Waals surface area contributed by atoms with Gasteiger partial charge in [-0.25, -0.2) is 0 Å². The van der Waals surface area contributed by atoms with Gasteiger partial charge in [-0.05, 0) is 34.8 Å². The molecule has 13 heavy (non-hydrogen) atoms. The van der Waals surface area contributed by atoms with E-state index in [0.717, 1.165) is 0 Å². The Kier molecular flexibility index (Phi) is 3.12. The minimum absolute atomic E-state index is 0.0781. The van der Waals surface area contributed by atoms with Crippen LogP contribution in [0.4, 0.5) is 5.69 Å². The van der Waals surface area contributed by atoms with Gasteiger partial charge < -0.3 is 5.11 Å². The molecule has 1 aromatic carbocycles. The van der Waals surface area contributed by atoms with Gasteiger partial charge in [-0.3, -0.25) is 4.99 Å². The molecule has 0 atom stereocenters. The van der Waals surface area contributed by atoms with Crippen LogP contribution in [0.5, 0.6) is 0 Å². The van der Waals surface area contributed by atoms with Crippen LogP contribution < -0.4 is 0 Å². The molecule has 68 valence electrons. The lowest BCUT2D eigenvalue weighted by Gasteiger charge is -2.06. The molecule has 0 aliphatic heterocycles. The van der Waals surface area contributed by atoms with E-state index in [0.29, 0.717) is 20.7 Å². The van der Waals surface area contributed by atoms with Crippen molar-refractivity contribution in [1.29, 1.82) is 0 Å². The number of rotatable bonds is 2. The lowest BCUT2D eigenvalue weighted by molar-refractivity contribution is 0.514. The number of halogens is 2. The molecule has 1 N–H and O–H groups in total. The van der Waals surface area contributed by atoms with Crippen LogP contribution in [0, 0.1) is 0 Å². The van der Waals surface area contributed by atoms with E-state index in [1.54, 1.807) is 12.1 Å². The predicted octanol–water partition coefficient (Wildman–Crippen LogP) is 3.96. The zero-order chi connectivity index (χ0) is 10.0. The first kappa shape index (κ1) is 10.3. The van der Waals surface area contributed by atoms with Gasteiger partial charge >= 0.3 is 0 Å². The Morgan fingerprint density at radius 2 is 2.15 bits per heavy atom. The summed E-state index contributed by atoms with van der Waals surface area (Å²) >= 11 is 9.03. The molecule has 0 spiro atoms. The minimum atomic E-state index is -0.0781. The largest absolute Gasteiger partial charge is 0.508 e. The lowest BCUT2D eigenvalue weighted by atomic mass is 10.1. The third kappa shape index (κ3) is 2.11. The van der Waals surface area contributed by atoms with Crippen molar-refractivity contribution < 1.29 is 5.11 Å². The molecule has 1 aromatic rings. The molecule has 0 heterocycles. The van der Waals surface area contributed by atoms with Gasteiger partial charge in [0.15, 0.2) is 0 Å². The molecule has 0 amide bonds. The summed E-state index contributed by atoms with van der Waals surface area (Å²) < 4.78 is 0.681. The van der Waals surface area contributed by atoms with Gasteiger partial charge in [0.2, 0.25) is 0 Å². The van der Waals surface area contributed by atoms with Crippen molar-refractivity contribution >= 4 is 45.7 Å². The molecule has 1 rings (SSSR count). The minimum Gasteiger partial charge on any atom is -0.508 e. The first-order valence-electron chi connectivity index (χ1n) is 3.40. The van der Waals surface area contributed by atoms with Gasteiger partial charge in [-0.15, -0.1) is 0 Å². The van der Waals surface area contributed by atoms with Gasteiger partial charge in [0, 0.05) is 15.1 Å². The zero-order valence-electron chi connectivity index (χ0n) is 6.72. The van der Waals surface area contributed by atoms with Gasteiger partial charge in [-0.1, -0.05) is 18.2 Å². The Morgan fingerprint density at radius 1 is 1.54 bits per heavy atom. The fraction of sp³-hybridized carbons (Fsp3) is 0. The van der Waals surface area contributed by atoms with E-state index >= 15 is 0 Å². The lowest BCUT2D eigenvalue weighted by Crippen LogP contribution is -1.83. The fourth-order valence-electron chi connectivity index (χ4n) is 0.947. The third-order valence-corrected chi connectivity index (χ3v) is 2.32. The Labute approximate surface area is 89.7 Å². The number of aliphatic hydroxyl groups is 1. The van der Waals surface area contributed by atoms with Crippen LogP contribution in [-0.4, -0.2) is 11.8 Å². The van der Waals surface area contributed by atoms with Crippen LogP contribution >= 0.6 is 27.5 Å². The van der Waals surface area contributed by atoms with Crippen molar-refractivity contribution in [3.05, 3.63) is 33.8 Å². The first-order valence-corrected chi connectivity index (χ1v) is 4.57. The third-order valence-electron chi connectivity index (χ3n) is 1.50.